The fourth-order valence-corrected chi connectivity index (χ4v) is 1.27. The lowest BCUT2D eigenvalue weighted by molar-refractivity contribution is -0.124. The van der Waals surface area contributed by atoms with Crippen LogP contribution in [-0.4, -0.2) is 23.2 Å². The summed E-state index contributed by atoms with van der Waals surface area (Å²) in [5.41, 5.74) is 1.14. The van der Waals surface area contributed by atoms with Crippen molar-refractivity contribution in [2.45, 2.75) is 26.2 Å². The van der Waals surface area contributed by atoms with E-state index in [9.17, 15) is 9.59 Å². The van der Waals surface area contributed by atoms with Crippen LogP contribution in [0.5, 0.6) is 0 Å². The van der Waals surface area contributed by atoms with Crippen LogP contribution in [0.2, 0.25) is 0 Å². The molecule has 4 heteroatoms. The molecule has 1 heterocycles. The van der Waals surface area contributed by atoms with Gasteiger partial charge in [-0.15, -0.1) is 0 Å². The van der Waals surface area contributed by atoms with Gasteiger partial charge >= 0.3 is 0 Å². The predicted octanol–water partition coefficient (Wildman–Crippen LogP) is 1.11. The normalized spacial score (nSPS) is 9.81. The summed E-state index contributed by atoms with van der Waals surface area (Å²) in [7, 11) is 0. The predicted molar refractivity (Wildman–Crippen MR) is 60.9 cm³/mol. The summed E-state index contributed by atoms with van der Waals surface area (Å²) in [5, 5.41) is 2.77. The number of amides is 1. The van der Waals surface area contributed by atoms with E-state index < -0.39 is 0 Å². The molecule has 0 aliphatic carbocycles. The molecule has 16 heavy (non-hydrogen) atoms. The second kappa shape index (κ2) is 6.71. The SMILES string of the molecule is CC(=O)CCC(=O)NCCc1ccncc1. The first-order chi connectivity index (χ1) is 7.68. The molecule has 0 aliphatic rings. The van der Waals surface area contributed by atoms with Gasteiger partial charge in [0, 0.05) is 31.8 Å². The Hall–Kier alpha value is -1.71. The van der Waals surface area contributed by atoms with Crippen molar-refractivity contribution in [3.8, 4) is 0 Å². The van der Waals surface area contributed by atoms with Gasteiger partial charge in [0.2, 0.25) is 5.91 Å². The van der Waals surface area contributed by atoms with Crippen molar-refractivity contribution < 1.29 is 9.59 Å². The minimum absolute atomic E-state index is 0.0456. The van der Waals surface area contributed by atoms with Crippen LogP contribution in [0.3, 0.4) is 0 Å². The van der Waals surface area contributed by atoms with E-state index in [0.29, 0.717) is 13.0 Å². The number of ketones is 1. The number of Topliss-reactive ketones (excluding diaryl/α,β-unsaturated/α-hetero) is 1. The Morgan fingerprint density at radius 3 is 2.56 bits per heavy atom. The molecule has 1 amide bonds. The number of rotatable bonds is 6. The summed E-state index contributed by atoms with van der Waals surface area (Å²) >= 11 is 0. The van der Waals surface area contributed by atoms with Gasteiger partial charge in [0.25, 0.3) is 0 Å². The summed E-state index contributed by atoms with van der Waals surface area (Å²) in [6.45, 7) is 2.09. The third kappa shape index (κ3) is 5.24. The zero-order valence-electron chi connectivity index (χ0n) is 9.40. The van der Waals surface area contributed by atoms with Gasteiger partial charge < -0.3 is 10.1 Å². The summed E-state index contributed by atoms with van der Waals surface area (Å²) in [6.07, 6.45) is 4.85. The first-order valence-corrected chi connectivity index (χ1v) is 5.33. The van der Waals surface area contributed by atoms with Crippen molar-refractivity contribution in [2.24, 2.45) is 0 Å². The van der Waals surface area contributed by atoms with Crippen LogP contribution in [-0.2, 0) is 16.0 Å². The van der Waals surface area contributed by atoms with Gasteiger partial charge in [-0.3, -0.25) is 9.78 Å². The molecule has 1 N–H and O–H groups in total. The maximum Gasteiger partial charge on any atom is 0.220 e. The smallest absolute Gasteiger partial charge is 0.220 e. The zero-order valence-corrected chi connectivity index (χ0v) is 9.40. The van der Waals surface area contributed by atoms with Crippen molar-refractivity contribution in [3.05, 3.63) is 30.1 Å². The van der Waals surface area contributed by atoms with Gasteiger partial charge in [-0.05, 0) is 31.0 Å². The van der Waals surface area contributed by atoms with Crippen LogP contribution in [0.1, 0.15) is 25.3 Å². The van der Waals surface area contributed by atoms with Gasteiger partial charge in [-0.1, -0.05) is 0 Å². The Labute approximate surface area is 95.1 Å². The molecule has 86 valence electrons. The van der Waals surface area contributed by atoms with E-state index in [0.717, 1.165) is 12.0 Å². The molecule has 0 spiro atoms. The molecule has 0 bridgehead atoms. The number of pyridine rings is 1. The molecule has 1 aromatic rings. The fraction of sp³-hybridized carbons (Fsp3) is 0.417. The fourth-order valence-electron chi connectivity index (χ4n) is 1.27. The van der Waals surface area contributed by atoms with Crippen LogP contribution in [0.15, 0.2) is 24.5 Å². The van der Waals surface area contributed by atoms with E-state index in [-0.39, 0.29) is 18.1 Å². The molecular weight excluding hydrogens is 204 g/mol. The highest BCUT2D eigenvalue weighted by Gasteiger charge is 2.02. The summed E-state index contributed by atoms with van der Waals surface area (Å²) in [5.74, 6) is -0.0199. The van der Waals surface area contributed by atoms with E-state index in [1.54, 1.807) is 12.4 Å². The first-order valence-electron chi connectivity index (χ1n) is 5.33. The number of hydrogen-bond donors (Lipinski definition) is 1. The van der Waals surface area contributed by atoms with E-state index in [2.05, 4.69) is 10.3 Å². The number of carbonyl (C=O) groups is 2. The molecule has 1 aromatic heterocycles. The number of aromatic nitrogens is 1. The van der Waals surface area contributed by atoms with E-state index in [4.69, 9.17) is 0 Å². The second-order valence-corrected chi connectivity index (χ2v) is 3.66. The maximum atomic E-state index is 11.3. The first kappa shape index (κ1) is 12.4. The summed E-state index contributed by atoms with van der Waals surface area (Å²) < 4.78 is 0. The topological polar surface area (TPSA) is 59.1 Å². The van der Waals surface area contributed by atoms with Gasteiger partial charge in [0.15, 0.2) is 0 Å². The highest BCUT2D eigenvalue weighted by Crippen LogP contribution is 1.96. The maximum absolute atomic E-state index is 11.3. The number of nitrogens with one attached hydrogen (secondary N) is 1. The molecule has 0 aromatic carbocycles. The molecule has 0 fully saturated rings. The minimum Gasteiger partial charge on any atom is -0.356 e. The molecule has 0 radical (unpaired) electrons. The minimum atomic E-state index is -0.0655. The second-order valence-electron chi connectivity index (χ2n) is 3.66. The average molecular weight is 220 g/mol. The van der Waals surface area contributed by atoms with Crippen LogP contribution >= 0.6 is 0 Å². The third-order valence-corrected chi connectivity index (χ3v) is 2.19. The lowest BCUT2D eigenvalue weighted by Gasteiger charge is -2.04. The molecule has 0 atom stereocenters. The molecule has 4 nitrogen and oxygen atoms in total. The summed E-state index contributed by atoms with van der Waals surface area (Å²) in [6, 6.07) is 3.84. The number of nitrogens with zero attached hydrogens (tertiary/aromatic N) is 1. The summed E-state index contributed by atoms with van der Waals surface area (Å²) in [4.78, 5) is 25.8. The van der Waals surface area contributed by atoms with Gasteiger partial charge in [-0.25, -0.2) is 0 Å². The molecule has 1 rings (SSSR count). The Kier molecular flexibility index (Phi) is 5.19. The van der Waals surface area contributed by atoms with Crippen molar-refractivity contribution >= 4 is 11.7 Å². The Morgan fingerprint density at radius 2 is 1.94 bits per heavy atom. The van der Waals surface area contributed by atoms with Crippen LogP contribution < -0.4 is 5.32 Å². The molecule has 0 saturated heterocycles. The lowest BCUT2D eigenvalue weighted by atomic mass is 10.2. The van der Waals surface area contributed by atoms with Crippen molar-refractivity contribution in [3.63, 3.8) is 0 Å². The Morgan fingerprint density at radius 1 is 1.25 bits per heavy atom. The van der Waals surface area contributed by atoms with Crippen molar-refractivity contribution in [2.75, 3.05) is 6.54 Å². The van der Waals surface area contributed by atoms with E-state index in [1.807, 2.05) is 12.1 Å². The molecular formula is C12H16N2O2. The van der Waals surface area contributed by atoms with Crippen molar-refractivity contribution in [1.29, 1.82) is 0 Å². The Balaban J connectivity index is 2.16. The highest BCUT2D eigenvalue weighted by atomic mass is 16.2. The quantitative estimate of drug-likeness (QED) is 0.781. The monoisotopic (exact) mass is 220 g/mol. The van der Waals surface area contributed by atoms with Crippen LogP contribution in [0.25, 0.3) is 0 Å². The van der Waals surface area contributed by atoms with Crippen LogP contribution in [0, 0.1) is 0 Å². The standard InChI is InChI=1S/C12H16N2O2/c1-10(15)2-3-12(16)14-9-6-11-4-7-13-8-5-11/h4-5,7-8H,2-3,6,9H2,1H3,(H,14,16). The molecule has 0 saturated carbocycles. The number of hydrogen-bond acceptors (Lipinski definition) is 3. The zero-order chi connectivity index (χ0) is 11.8. The van der Waals surface area contributed by atoms with E-state index >= 15 is 0 Å². The van der Waals surface area contributed by atoms with Gasteiger partial charge in [0.05, 0.1) is 0 Å². The largest absolute Gasteiger partial charge is 0.356 e. The Bertz CT molecular complexity index is 349. The van der Waals surface area contributed by atoms with Gasteiger partial charge in [-0.2, -0.15) is 0 Å². The van der Waals surface area contributed by atoms with Gasteiger partial charge in [0.1, 0.15) is 5.78 Å². The average Bonchev–Trinajstić information content (AvgIpc) is 2.28. The number of carbonyl (C=O) groups excluding carboxylic acids is 2. The molecule has 0 unspecified atom stereocenters. The highest BCUT2D eigenvalue weighted by molar-refractivity contribution is 5.83. The van der Waals surface area contributed by atoms with Crippen LogP contribution in [0.4, 0.5) is 0 Å². The lowest BCUT2D eigenvalue weighted by Crippen LogP contribution is -2.25. The van der Waals surface area contributed by atoms with E-state index in [1.165, 1.54) is 6.92 Å². The molecule has 0 aliphatic heterocycles. The third-order valence-electron chi connectivity index (χ3n) is 2.19. The van der Waals surface area contributed by atoms with Crippen molar-refractivity contribution in [1.82, 2.24) is 10.3 Å².